The average Bonchev–Trinajstić information content (AvgIpc) is 3.44. The smallest absolute Gasteiger partial charge is 0.282 e. The van der Waals surface area contributed by atoms with Crippen LogP contribution in [0.25, 0.3) is 0 Å². The van der Waals surface area contributed by atoms with E-state index in [9.17, 15) is 19.7 Å². The monoisotopic (exact) mass is 395 g/mol. The van der Waals surface area contributed by atoms with E-state index >= 15 is 0 Å². The summed E-state index contributed by atoms with van der Waals surface area (Å²) in [7, 11) is 1.43. The number of hydrogen-bond acceptors (Lipinski definition) is 5. The molecule has 0 unspecified atom stereocenters. The van der Waals surface area contributed by atoms with Crippen LogP contribution in [0.1, 0.15) is 34.7 Å². The molecule has 3 atom stereocenters. The van der Waals surface area contributed by atoms with Gasteiger partial charge in [-0.15, -0.1) is 0 Å². The number of methoxy groups -OCH3 is 1. The number of carbonyl (C=O) groups is 2. The van der Waals surface area contributed by atoms with Crippen molar-refractivity contribution in [1.82, 2.24) is 10.2 Å². The van der Waals surface area contributed by atoms with Crippen molar-refractivity contribution in [3.05, 3.63) is 69.8 Å². The van der Waals surface area contributed by atoms with Crippen molar-refractivity contribution in [2.45, 2.75) is 30.8 Å². The van der Waals surface area contributed by atoms with Gasteiger partial charge in [0.05, 0.1) is 18.1 Å². The van der Waals surface area contributed by atoms with Crippen molar-refractivity contribution in [3.63, 3.8) is 0 Å². The molecule has 29 heavy (non-hydrogen) atoms. The Balaban J connectivity index is 1.43. The molecule has 8 nitrogen and oxygen atoms in total. The molecule has 0 radical (unpaired) electrons. The zero-order valence-electron chi connectivity index (χ0n) is 15.9. The van der Waals surface area contributed by atoms with E-state index in [4.69, 9.17) is 4.74 Å². The lowest BCUT2D eigenvalue weighted by Crippen LogP contribution is -2.38. The van der Waals surface area contributed by atoms with Crippen LogP contribution in [0, 0.1) is 10.1 Å². The summed E-state index contributed by atoms with van der Waals surface area (Å²) in [4.78, 5) is 37.6. The number of rotatable bonds is 6. The second-order valence-corrected chi connectivity index (χ2v) is 7.38. The van der Waals surface area contributed by atoms with Crippen LogP contribution >= 0.6 is 0 Å². The summed E-state index contributed by atoms with van der Waals surface area (Å²) in [6, 6.07) is 13.9. The van der Waals surface area contributed by atoms with E-state index in [-0.39, 0.29) is 35.7 Å². The maximum absolute atomic E-state index is 12.7. The zero-order chi connectivity index (χ0) is 20.5. The minimum atomic E-state index is -0.602. The molecule has 1 saturated heterocycles. The van der Waals surface area contributed by atoms with Crippen molar-refractivity contribution in [2.24, 2.45) is 0 Å². The van der Waals surface area contributed by atoms with E-state index < -0.39 is 10.8 Å². The highest BCUT2D eigenvalue weighted by molar-refractivity contribution is 5.99. The van der Waals surface area contributed by atoms with Gasteiger partial charge in [-0.25, -0.2) is 0 Å². The molecule has 2 aliphatic rings. The molecule has 2 aromatic carbocycles. The highest BCUT2D eigenvalue weighted by atomic mass is 16.6. The molecule has 1 heterocycles. The summed E-state index contributed by atoms with van der Waals surface area (Å²) in [5, 5.41) is 14.0. The van der Waals surface area contributed by atoms with Gasteiger partial charge in [0.1, 0.15) is 11.3 Å². The molecule has 1 aliphatic carbocycles. The van der Waals surface area contributed by atoms with Gasteiger partial charge in [0.25, 0.3) is 11.6 Å². The van der Waals surface area contributed by atoms with Gasteiger partial charge in [0.2, 0.25) is 5.91 Å². The van der Waals surface area contributed by atoms with Gasteiger partial charge in [-0.3, -0.25) is 19.7 Å². The van der Waals surface area contributed by atoms with Crippen LogP contribution < -0.4 is 10.1 Å². The fourth-order valence-corrected chi connectivity index (χ4v) is 3.98. The number of benzene rings is 2. The van der Waals surface area contributed by atoms with Crippen molar-refractivity contribution in [1.29, 1.82) is 0 Å². The lowest BCUT2D eigenvalue weighted by molar-refractivity contribution is -0.385. The zero-order valence-corrected chi connectivity index (χ0v) is 15.9. The minimum Gasteiger partial charge on any atom is -0.497 e. The Morgan fingerprint density at radius 1 is 1.24 bits per heavy atom. The number of nitro groups is 1. The number of amides is 2. The fourth-order valence-electron chi connectivity index (χ4n) is 3.98. The number of nitrogens with one attached hydrogen (secondary N) is 1. The summed E-state index contributed by atoms with van der Waals surface area (Å²) in [5.74, 6) is 0.104. The van der Waals surface area contributed by atoms with Crippen LogP contribution in [0.2, 0.25) is 0 Å². The summed E-state index contributed by atoms with van der Waals surface area (Å²) in [5.41, 5.74) is 0.842. The number of carbonyl (C=O) groups excluding carboxylic acids is 2. The molecule has 150 valence electrons. The Morgan fingerprint density at radius 3 is 2.69 bits per heavy atom. The molecule has 8 heteroatoms. The Hall–Kier alpha value is -3.42. The van der Waals surface area contributed by atoms with Crippen LogP contribution in [0.4, 0.5) is 5.69 Å². The topological polar surface area (TPSA) is 102 Å². The molecule has 1 saturated carbocycles. The largest absolute Gasteiger partial charge is 0.497 e. The number of hydrogen-bond donors (Lipinski definition) is 1. The Bertz CT molecular complexity index is 962. The average molecular weight is 395 g/mol. The molecule has 2 fully saturated rings. The van der Waals surface area contributed by atoms with Crippen molar-refractivity contribution < 1.29 is 19.2 Å². The summed E-state index contributed by atoms with van der Waals surface area (Å²) in [6.07, 6.45) is 1.11. The van der Waals surface area contributed by atoms with Crippen LogP contribution in [-0.2, 0) is 4.79 Å². The van der Waals surface area contributed by atoms with Crippen LogP contribution in [0.3, 0.4) is 0 Å². The molecule has 1 aliphatic heterocycles. The van der Waals surface area contributed by atoms with E-state index in [1.807, 2.05) is 23.1 Å². The maximum atomic E-state index is 12.7. The molecule has 1 N–H and O–H groups in total. The van der Waals surface area contributed by atoms with E-state index in [1.54, 1.807) is 0 Å². The normalized spacial score (nSPS) is 23.0. The maximum Gasteiger partial charge on any atom is 0.282 e. The molecular weight excluding hydrogens is 374 g/mol. The van der Waals surface area contributed by atoms with Crippen molar-refractivity contribution in [2.75, 3.05) is 13.7 Å². The summed E-state index contributed by atoms with van der Waals surface area (Å²) >= 11 is 0. The van der Waals surface area contributed by atoms with E-state index in [1.165, 1.54) is 30.9 Å². The number of ether oxygens (including phenoxy) is 1. The predicted molar refractivity (Wildman–Crippen MR) is 105 cm³/mol. The quantitative estimate of drug-likeness (QED) is 0.598. The van der Waals surface area contributed by atoms with E-state index in [0.29, 0.717) is 18.2 Å². The minimum absolute atomic E-state index is 0.00104. The first-order valence-corrected chi connectivity index (χ1v) is 9.45. The number of nitrogens with zero attached hydrogens (tertiary/aromatic N) is 2. The lowest BCUT2D eigenvalue weighted by Gasteiger charge is -2.17. The summed E-state index contributed by atoms with van der Waals surface area (Å²) in [6.45, 7) is 0.413. The third-order valence-electron chi connectivity index (χ3n) is 5.52. The first-order valence-electron chi connectivity index (χ1n) is 9.45. The van der Waals surface area contributed by atoms with Crippen molar-refractivity contribution >= 4 is 17.5 Å². The van der Waals surface area contributed by atoms with Gasteiger partial charge < -0.3 is 15.0 Å². The SMILES string of the molecule is COc1ccc([N+](=O)[O-])c(C(=O)N[C@@H]2CC(=O)N([C@H]3C[C@@H]3c3ccccc3)C2)c1. The van der Waals surface area contributed by atoms with Gasteiger partial charge in [0, 0.05) is 31.0 Å². The van der Waals surface area contributed by atoms with Gasteiger partial charge in [-0.1, -0.05) is 30.3 Å². The first-order chi connectivity index (χ1) is 14.0. The molecule has 4 rings (SSSR count). The van der Waals surface area contributed by atoms with Gasteiger partial charge in [-0.05, 0) is 24.1 Å². The fraction of sp³-hybridized carbons (Fsp3) is 0.333. The Morgan fingerprint density at radius 2 is 2.00 bits per heavy atom. The van der Waals surface area contributed by atoms with Crippen LogP contribution in [0.5, 0.6) is 5.75 Å². The molecule has 2 aromatic rings. The predicted octanol–water partition coefficient (Wildman–Crippen LogP) is 2.49. The lowest BCUT2D eigenvalue weighted by atomic mass is 10.1. The second kappa shape index (κ2) is 7.54. The molecule has 2 amide bonds. The standard InChI is InChI=1S/C21H21N3O5/c1-29-15-7-8-18(24(27)28)17(10-15)21(26)22-14-9-20(25)23(12-14)19-11-16(19)13-5-3-2-4-6-13/h2-8,10,14,16,19H,9,11-12H2,1H3,(H,22,26)/t14-,16-,19+/m1/s1. The first kappa shape index (κ1) is 18.9. The molecule has 0 aromatic heterocycles. The third kappa shape index (κ3) is 3.78. The molecule has 0 spiro atoms. The Kier molecular flexibility index (Phi) is 4.92. The third-order valence-corrected chi connectivity index (χ3v) is 5.52. The molecule has 0 bridgehead atoms. The van der Waals surface area contributed by atoms with Crippen LogP contribution in [0.15, 0.2) is 48.5 Å². The highest BCUT2D eigenvalue weighted by Gasteiger charge is 2.48. The van der Waals surface area contributed by atoms with E-state index in [2.05, 4.69) is 17.4 Å². The van der Waals surface area contributed by atoms with Crippen molar-refractivity contribution in [3.8, 4) is 5.75 Å². The second-order valence-electron chi connectivity index (χ2n) is 7.38. The number of nitro benzene ring substituents is 1. The number of likely N-dealkylation sites (tertiary alicyclic amines) is 1. The van der Waals surface area contributed by atoms with E-state index in [0.717, 1.165) is 6.42 Å². The highest BCUT2D eigenvalue weighted by Crippen LogP contribution is 2.45. The van der Waals surface area contributed by atoms with Gasteiger partial charge >= 0.3 is 0 Å². The Labute approximate surface area is 167 Å². The van der Waals surface area contributed by atoms with Gasteiger partial charge in [-0.2, -0.15) is 0 Å². The van der Waals surface area contributed by atoms with Gasteiger partial charge in [0.15, 0.2) is 0 Å². The van der Waals surface area contributed by atoms with Crippen LogP contribution in [-0.4, -0.2) is 47.4 Å². The summed E-state index contributed by atoms with van der Waals surface area (Å²) < 4.78 is 5.07. The molecular formula is C21H21N3O5.